The van der Waals surface area contributed by atoms with E-state index in [0.717, 1.165) is 16.8 Å². The predicted molar refractivity (Wildman–Crippen MR) is 138 cm³/mol. The second-order valence-electron chi connectivity index (χ2n) is 9.99. The fourth-order valence-electron chi connectivity index (χ4n) is 4.01. The lowest BCUT2D eigenvalue weighted by Crippen LogP contribution is -2.56. The minimum Gasteiger partial charge on any atom is -0.460 e. The summed E-state index contributed by atoms with van der Waals surface area (Å²) < 4.78 is 25.0. The fraction of sp³-hybridized carbons (Fsp3) is 0.500. The summed E-state index contributed by atoms with van der Waals surface area (Å²) in [6.45, 7) is 8.03. The van der Waals surface area contributed by atoms with Gasteiger partial charge in [0.1, 0.15) is 23.2 Å². The number of ether oxygens (including phenoxy) is 2. The highest BCUT2D eigenvalue weighted by atomic mass is 19.1. The number of esters is 1. The molecule has 1 fully saturated rings. The highest BCUT2D eigenvalue weighted by molar-refractivity contribution is 5.96. The number of halogens is 1. The first kappa shape index (κ1) is 29.4. The Morgan fingerprint density at radius 2 is 1.74 bits per heavy atom. The third kappa shape index (κ3) is 8.16. The van der Waals surface area contributed by atoms with Gasteiger partial charge in [-0.15, -0.1) is 0 Å². The first-order valence-electron chi connectivity index (χ1n) is 12.7. The van der Waals surface area contributed by atoms with E-state index in [1.54, 1.807) is 27.7 Å². The predicted octanol–water partition coefficient (Wildman–Crippen LogP) is 1.83. The van der Waals surface area contributed by atoms with Gasteiger partial charge in [0.05, 0.1) is 12.3 Å². The Labute approximate surface area is 225 Å². The third-order valence-corrected chi connectivity index (χ3v) is 5.81. The second-order valence-corrected chi connectivity index (χ2v) is 9.99. The molecule has 12 nitrogen and oxygen atoms in total. The van der Waals surface area contributed by atoms with E-state index in [9.17, 15) is 28.4 Å². The van der Waals surface area contributed by atoms with Crippen LogP contribution in [0.2, 0.25) is 0 Å². The lowest BCUT2D eigenvalue weighted by molar-refractivity contribution is -0.155. The number of nitrogens with one attached hydrogen (secondary N) is 2. The first-order chi connectivity index (χ1) is 18.4. The van der Waals surface area contributed by atoms with E-state index in [0.29, 0.717) is 0 Å². The molecule has 39 heavy (non-hydrogen) atoms. The van der Waals surface area contributed by atoms with Crippen LogP contribution in [0, 0.1) is 5.82 Å². The van der Waals surface area contributed by atoms with Crippen LogP contribution in [0.25, 0.3) is 5.69 Å². The van der Waals surface area contributed by atoms with Crippen molar-refractivity contribution in [2.45, 2.75) is 52.2 Å². The Balaban J connectivity index is 1.74. The van der Waals surface area contributed by atoms with Gasteiger partial charge in [0.25, 0.3) is 11.5 Å². The molecule has 212 valence electrons. The number of aromatic amines is 1. The Kier molecular flexibility index (Phi) is 9.49. The number of carbonyl (C=O) groups excluding carboxylic acids is 4. The number of rotatable bonds is 8. The molecule has 0 unspecified atom stereocenters. The summed E-state index contributed by atoms with van der Waals surface area (Å²) in [5, 5.41) is 5.23. The van der Waals surface area contributed by atoms with Crippen molar-refractivity contribution < 1.29 is 33.0 Å². The lowest BCUT2D eigenvalue weighted by atomic mass is 10.1. The number of hydrogen-bond donors (Lipinski definition) is 2. The number of aromatic nitrogens is 2. The van der Waals surface area contributed by atoms with Crippen LogP contribution in [0.15, 0.2) is 35.1 Å². The van der Waals surface area contributed by atoms with Crippen molar-refractivity contribution in [3.63, 3.8) is 0 Å². The molecule has 3 amide bonds. The van der Waals surface area contributed by atoms with Crippen molar-refractivity contribution in [1.29, 1.82) is 0 Å². The molecule has 2 aromatic rings. The molecule has 0 aliphatic carbocycles. The van der Waals surface area contributed by atoms with Crippen molar-refractivity contribution in [2.75, 3.05) is 32.8 Å². The molecule has 1 aliphatic rings. The van der Waals surface area contributed by atoms with Gasteiger partial charge in [0.15, 0.2) is 0 Å². The van der Waals surface area contributed by atoms with Crippen molar-refractivity contribution in [1.82, 2.24) is 24.9 Å². The Morgan fingerprint density at radius 3 is 2.36 bits per heavy atom. The van der Waals surface area contributed by atoms with Crippen molar-refractivity contribution >= 4 is 23.9 Å². The zero-order valence-electron chi connectivity index (χ0n) is 22.5. The van der Waals surface area contributed by atoms with Crippen molar-refractivity contribution in [3.05, 3.63) is 52.2 Å². The average molecular weight is 548 g/mol. The summed E-state index contributed by atoms with van der Waals surface area (Å²) in [5.74, 6) is -2.29. The number of piperazine rings is 1. The summed E-state index contributed by atoms with van der Waals surface area (Å²) in [5.41, 5.74) is -1.28. The van der Waals surface area contributed by atoms with Crippen molar-refractivity contribution in [2.24, 2.45) is 0 Å². The van der Waals surface area contributed by atoms with Gasteiger partial charge < -0.3 is 24.6 Å². The number of hydrogen-bond acceptors (Lipinski definition) is 7. The average Bonchev–Trinajstić information content (AvgIpc) is 3.27. The summed E-state index contributed by atoms with van der Waals surface area (Å²) >= 11 is 0. The number of carbonyl (C=O) groups is 4. The lowest BCUT2D eigenvalue weighted by Gasteiger charge is -2.36. The van der Waals surface area contributed by atoms with Gasteiger partial charge >= 0.3 is 12.1 Å². The minimum absolute atomic E-state index is 0.0492. The molecule has 0 spiro atoms. The molecule has 2 N–H and O–H groups in total. The van der Waals surface area contributed by atoms with E-state index in [2.05, 4.69) is 10.4 Å². The van der Waals surface area contributed by atoms with Crippen LogP contribution in [-0.2, 0) is 19.1 Å². The molecule has 1 atom stereocenters. The number of H-pyrrole nitrogens is 1. The number of amides is 3. The summed E-state index contributed by atoms with van der Waals surface area (Å²) in [6.07, 6.45) is -0.657. The quantitative estimate of drug-likeness (QED) is 0.480. The maximum atomic E-state index is 13.6. The van der Waals surface area contributed by atoms with E-state index in [1.165, 1.54) is 28.0 Å². The van der Waals surface area contributed by atoms with E-state index >= 15 is 0 Å². The van der Waals surface area contributed by atoms with Gasteiger partial charge in [-0.1, -0.05) is 6.07 Å². The maximum absolute atomic E-state index is 13.6. The van der Waals surface area contributed by atoms with Crippen LogP contribution < -0.4 is 10.9 Å². The minimum atomic E-state index is -1.11. The Morgan fingerprint density at radius 1 is 1.08 bits per heavy atom. The Hall–Kier alpha value is -4.16. The van der Waals surface area contributed by atoms with Gasteiger partial charge in [-0.25, -0.2) is 13.9 Å². The summed E-state index contributed by atoms with van der Waals surface area (Å²) in [7, 11) is 0. The maximum Gasteiger partial charge on any atom is 0.409 e. The SMILES string of the molecule is CCOC(=O)N1CCN(C(=O)[C@H](CCC(=O)OC(C)(C)C)NC(=O)c2cc(=O)n(-c3cccc(F)c3)[nH]2)CC1. The third-order valence-electron chi connectivity index (χ3n) is 5.81. The topological polar surface area (TPSA) is 143 Å². The molecule has 0 radical (unpaired) electrons. The highest BCUT2D eigenvalue weighted by Gasteiger charge is 2.32. The van der Waals surface area contributed by atoms with Gasteiger partial charge in [0.2, 0.25) is 5.91 Å². The molecule has 1 saturated heterocycles. The molecule has 0 bridgehead atoms. The van der Waals surface area contributed by atoms with Crippen LogP contribution in [-0.4, -0.2) is 87.9 Å². The molecule has 1 aromatic heterocycles. The second kappa shape index (κ2) is 12.6. The molecule has 2 heterocycles. The first-order valence-corrected chi connectivity index (χ1v) is 12.7. The van der Waals surface area contributed by atoms with Gasteiger partial charge in [-0.3, -0.25) is 24.3 Å². The molecule has 13 heteroatoms. The molecular weight excluding hydrogens is 513 g/mol. The van der Waals surface area contributed by atoms with Crippen LogP contribution in [0.4, 0.5) is 9.18 Å². The zero-order valence-corrected chi connectivity index (χ0v) is 22.5. The molecule has 0 saturated carbocycles. The van der Waals surface area contributed by atoms with Gasteiger partial charge in [-0.2, -0.15) is 0 Å². The van der Waals surface area contributed by atoms with Crippen LogP contribution in [0.1, 0.15) is 51.0 Å². The Bertz CT molecular complexity index is 1260. The van der Waals surface area contributed by atoms with Crippen LogP contribution in [0.3, 0.4) is 0 Å². The van der Waals surface area contributed by atoms with Crippen LogP contribution in [0.5, 0.6) is 0 Å². The van der Waals surface area contributed by atoms with E-state index in [-0.39, 0.29) is 57.0 Å². The summed E-state index contributed by atoms with van der Waals surface area (Å²) in [4.78, 5) is 66.2. The molecule has 1 aliphatic heterocycles. The van der Waals surface area contributed by atoms with Crippen LogP contribution >= 0.6 is 0 Å². The number of benzene rings is 1. The standard InChI is InChI=1S/C26H34FN5O7/c1-5-38-25(37)31-13-11-30(12-14-31)24(36)19(9-10-22(34)39-26(2,3)4)28-23(35)20-16-21(33)32(29-20)18-8-6-7-17(27)15-18/h6-8,15-16,19,29H,5,9-14H2,1-4H3,(H,28,35)/t19-/m0/s1. The smallest absolute Gasteiger partial charge is 0.409 e. The molecule has 1 aromatic carbocycles. The normalized spacial score (nSPS) is 14.5. The molecular formula is C26H34FN5O7. The van der Waals surface area contributed by atoms with Gasteiger partial charge in [-0.05, 0) is 52.3 Å². The fourth-order valence-corrected chi connectivity index (χ4v) is 4.01. The zero-order chi connectivity index (χ0) is 28.7. The van der Waals surface area contributed by atoms with E-state index < -0.39 is 46.9 Å². The summed E-state index contributed by atoms with van der Waals surface area (Å²) in [6, 6.07) is 5.19. The molecule has 3 rings (SSSR count). The van der Waals surface area contributed by atoms with E-state index in [4.69, 9.17) is 9.47 Å². The highest BCUT2D eigenvalue weighted by Crippen LogP contribution is 2.14. The van der Waals surface area contributed by atoms with E-state index in [1.807, 2.05) is 0 Å². The number of nitrogens with zero attached hydrogens (tertiary/aromatic N) is 3. The largest absolute Gasteiger partial charge is 0.460 e. The van der Waals surface area contributed by atoms with Gasteiger partial charge in [0, 0.05) is 38.7 Å². The monoisotopic (exact) mass is 547 g/mol. The van der Waals surface area contributed by atoms with Crippen molar-refractivity contribution in [3.8, 4) is 5.69 Å².